The van der Waals surface area contributed by atoms with Crippen molar-refractivity contribution in [2.24, 2.45) is 0 Å². The van der Waals surface area contributed by atoms with Crippen molar-refractivity contribution < 1.29 is 0 Å². The van der Waals surface area contributed by atoms with E-state index < -0.39 is 52.9 Å². The van der Waals surface area contributed by atoms with Crippen molar-refractivity contribution in [3.63, 3.8) is 0 Å². The van der Waals surface area contributed by atoms with Crippen molar-refractivity contribution in [2.45, 2.75) is 62.7 Å². The van der Waals surface area contributed by atoms with Gasteiger partial charge >= 0.3 is 251 Å². The Bertz CT molecular complexity index is 1100. The SMILES string of the molecule is C[Si](C)(C)[CH2][Sn]([CH2]C[CH2][Sn]([CH2][Si](C)(C)C)([c]1ccccc1)[c]1ccccc1)([c]1ccccc1)[c]1ccccc1. The average molecular weight is 762 g/mol. The van der Waals surface area contributed by atoms with Crippen LogP contribution < -0.4 is 14.3 Å². The molecule has 4 aromatic rings. The van der Waals surface area contributed by atoms with Gasteiger partial charge in [0.25, 0.3) is 0 Å². The van der Waals surface area contributed by atoms with Gasteiger partial charge in [0.1, 0.15) is 0 Å². The Labute approximate surface area is 249 Å². The van der Waals surface area contributed by atoms with Crippen LogP contribution in [0.4, 0.5) is 0 Å². The Balaban J connectivity index is 1.81. The molecular weight excluding hydrogens is 714 g/mol. The zero-order valence-electron chi connectivity index (χ0n) is 25.1. The van der Waals surface area contributed by atoms with E-state index >= 15 is 0 Å². The molecule has 0 atom stereocenters. The fourth-order valence-electron chi connectivity index (χ4n) is 7.03. The van der Waals surface area contributed by atoms with Gasteiger partial charge < -0.3 is 0 Å². The van der Waals surface area contributed by atoms with Crippen LogP contribution in [0.3, 0.4) is 0 Å². The molecule has 0 spiro atoms. The van der Waals surface area contributed by atoms with Crippen LogP contribution in [0.1, 0.15) is 6.42 Å². The van der Waals surface area contributed by atoms with Crippen molar-refractivity contribution >= 4 is 67.2 Å². The second-order valence-electron chi connectivity index (χ2n) is 14.0. The molecule has 0 amide bonds. The van der Waals surface area contributed by atoms with Gasteiger partial charge in [-0.05, 0) is 0 Å². The Morgan fingerprint density at radius 1 is 0.385 bits per heavy atom. The summed E-state index contributed by atoms with van der Waals surface area (Å²) in [5.41, 5.74) is 0. The Morgan fingerprint density at radius 2 is 0.615 bits per heavy atom. The molecule has 39 heavy (non-hydrogen) atoms. The molecule has 204 valence electrons. The molecule has 0 aliphatic heterocycles. The predicted octanol–water partition coefficient (Wildman–Crippen LogP) is 7.66. The summed E-state index contributed by atoms with van der Waals surface area (Å²) in [4.78, 5) is 0. The molecule has 0 heterocycles. The zero-order chi connectivity index (χ0) is 28.0. The van der Waals surface area contributed by atoms with E-state index in [9.17, 15) is 0 Å². The molecule has 0 N–H and O–H groups in total. The van der Waals surface area contributed by atoms with Gasteiger partial charge in [0.05, 0.1) is 0 Å². The second-order valence-corrected chi connectivity index (χ2v) is 52.8. The topological polar surface area (TPSA) is 0 Å². The fraction of sp³-hybridized carbons (Fsp3) is 0.314. The number of rotatable bonds is 12. The van der Waals surface area contributed by atoms with Crippen molar-refractivity contribution in [2.75, 3.05) is 0 Å². The summed E-state index contributed by atoms with van der Waals surface area (Å²) in [6.07, 6.45) is 1.37. The maximum atomic E-state index is 2.60. The van der Waals surface area contributed by atoms with E-state index in [0.29, 0.717) is 0 Å². The molecule has 4 rings (SSSR count). The molecule has 0 fully saturated rings. The van der Waals surface area contributed by atoms with Crippen LogP contribution in [0.2, 0.25) is 56.3 Å². The summed E-state index contributed by atoms with van der Waals surface area (Å²) >= 11 is -5.93. The molecule has 0 aliphatic rings. The summed E-state index contributed by atoms with van der Waals surface area (Å²) in [6, 6.07) is 47.2. The van der Waals surface area contributed by atoms with Crippen LogP contribution in [-0.2, 0) is 0 Å². The Hall–Kier alpha value is -1.09. The summed E-state index contributed by atoms with van der Waals surface area (Å²) in [7, 11) is -2.61. The first-order valence-corrected chi connectivity index (χ1v) is 36.0. The van der Waals surface area contributed by atoms with Crippen molar-refractivity contribution in [3.8, 4) is 0 Å². The van der Waals surface area contributed by atoms with E-state index in [1.54, 1.807) is 14.3 Å². The van der Waals surface area contributed by atoms with Crippen LogP contribution in [-0.4, -0.2) is 52.9 Å². The van der Waals surface area contributed by atoms with Crippen LogP contribution >= 0.6 is 0 Å². The van der Waals surface area contributed by atoms with E-state index in [1.165, 1.54) is 23.4 Å². The van der Waals surface area contributed by atoms with Gasteiger partial charge in [-0.25, -0.2) is 0 Å². The molecule has 0 nitrogen and oxygen atoms in total. The number of hydrogen-bond acceptors (Lipinski definition) is 0. The third kappa shape index (κ3) is 8.02. The standard InChI is InChI=1S/4C6H5.2C4H11Si.C3H6.2Sn/c4*1-2-4-6-5-3-1;2*1-5(2,3)4;1-3-2;;/h4*1-5H;2*1H2,2-4H3;1-3H2;;. The van der Waals surface area contributed by atoms with Gasteiger partial charge in [-0.2, -0.15) is 0 Å². The van der Waals surface area contributed by atoms with Gasteiger partial charge in [0.2, 0.25) is 0 Å². The van der Waals surface area contributed by atoms with E-state index in [0.717, 1.165) is 0 Å². The molecule has 0 bridgehead atoms. The molecule has 0 saturated heterocycles. The van der Waals surface area contributed by atoms with Gasteiger partial charge in [-0.1, -0.05) is 0 Å². The molecule has 0 unspecified atom stereocenters. The molecule has 4 heteroatoms. The van der Waals surface area contributed by atoms with E-state index in [1.807, 2.05) is 0 Å². The van der Waals surface area contributed by atoms with E-state index in [2.05, 4.69) is 161 Å². The van der Waals surface area contributed by atoms with Crippen LogP contribution in [0.25, 0.3) is 0 Å². The van der Waals surface area contributed by atoms with E-state index in [-0.39, 0.29) is 0 Å². The average Bonchev–Trinajstić information content (AvgIpc) is 2.92. The van der Waals surface area contributed by atoms with Crippen molar-refractivity contribution in [1.29, 1.82) is 0 Å². The normalized spacial score (nSPS) is 12.9. The Kier molecular flexibility index (Phi) is 10.5. The first kappa shape index (κ1) is 30.9. The summed E-state index contributed by atoms with van der Waals surface area (Å²) in [5.74, 6) is 0. The summed E-state index contributed by atoms with van der Waals surface area (Å²) < 4.78 is 12.7. The first-order valence-electron chi connectivity index (χ1n) is 14.8. The van der Waals surface area contributed by atoms with Crippen LogP contribution in [0, 0.1) is 0 Å². The van der Waals surface area contributed by atoms with Crippen LogP contribution in [0.15, 0.2) is 121 Å². The quantitative estimate of drug-likeness (QED) is 0.130. The maximum absolute atomic E-state index is 2.96. The molecular formula is C35H48Si2Sn2. The third-order valence-electron chi connectivity index (χ3n) is 8.18. The first-order chi connectivity index (χ1) is 18.5. The molecule has 0 radical (unpaired) electrons. The second kappa shape index (κ2) is 13.3. The number of hydrogen-bond donors (Lipinski definition) is 0. The summed E-state index contributed by atoms with van der Waals surface area (Å²) in [5, 5.41) is 0. The van der Waals surface area contributed by atoms with Crippen molar-refractivity contribution in [3.05, 3.63) is 121 Å². The molecule has 4 aromatic carbocycles. The summed E-state index contributed by atoms with van der Waals surface area (Å²) in [6.45, 7) is 15.6. The predicted molar refractivity (Wildman–Crippen MR) is 186 cm³/mol. The zero-order valence-corrected chi connectivity index (χ0v) is 32.8. The third-order valence-corrected chi connectivity index (χ3v) is 63.3. The Morgan fingerprint density at radius 3 is 0.821 bits per heavy atom. The van der Waals surface area contributed by atoms with Gasteiger partial charge in [0, 0.05) is 0 Å². The van der Waals surface area contributed by atoms with E-state index in [4.69, 9.17) is 0 Å². The minimum atomic E-state index is -2.96. The minimum absolute atomic E-state index is 1.30. The van der Waals surface area contributed by atoms with Crippen molar-refractivity contribution in [1.82, 2.24) is 0 Å². The molecule has 0 aliphatic carbocycles. The van der Waals surface area contributed by atoms with Gasteiger partial charge in [-0.15, -0.1) is 0 Å². The monoisotopic (exact) mass is 764 g/mol. The van der Waals surface area contributed by atoms with Crippen LogP contribution in [0.5, 0.6) is 0 Å². The molecule has 0 aromatic heterocycles. The van der Waals surface area contributed by atoms with Gasteiger partial charge in [-0.3, -0.25) is 0 Å². The number of benzene rings is 4. The fourth-order valence-corrected chi connectivity index (χ4v) is 74.9. The van der Waals surface area contributed by atoms with Gasteiger partial charge in [0.15, 0.2) is 0 Å². The molecule has 0 saturated carbocycles.